The first-order valence-corrected chi connectivity index (χ1v) is 10.8. The van der Waals surface area contributed by atoms with Crippen molar-refractivity contribution in [2.45, 2.75) is 6.04 Å². The summed E-state index contributed by atoms with van der Waals surface area (Å²) in [5.74, 6) is 0. The molecule has 0 aromatic heterocycles. The maximum absolute atomic E-state index is 8.76. The van der Waals surface area contributed by atoms with Gasteiger partial charge in [0.15, 0.2) is 0 Å². The van der Waals surface area contributed by atoms with Gasteiger partial charge in [-0.1, -0.05) is 54.1 Å². The molecule has 6 heteroatoms. The van der Waals surface area contributed by atoms with Crippen molar-refractivity contribution >= 4 is 11.6 Å². The first kappa shape index (κ1) is 22.2. The number of piperazine rings is 1. The van der Waals surface area contributed by atoms with Gasteiger partial charge in [-0.05, 0) is 23.3 Å². The second-order valence-electron chi connectivity index (χ2n) is 7.37. The normalized spacial score (nSPS) is 16.8. The smallest absolute Gasteiger partial charge is 0.0698 e. The second-order valence-corrected chi connectivity index (χ2v) is 7.81. The Labute approximate surface area is 179 Å². The van der Waals surface area contributed by atoms with E-state index in [1.54, 1.807) is 0 Å². The zero-order valence-electron chi connectivity index (χ0n) is 17.0. The Hall–Kier alpha value is -1.47. The number of hydrogen-bond acceptors (Lipinski definition) is 5. The molecule has 1 fully saturated rings. The SMILES string of the molecule is OCCOCCN1CCN(CCNC(c2ccccc2)c2ccc(Cl)cc2)CC1. The van der Waals surface area contributed by atoms with Crippen molar-refractivity contribution in [3.63, 3.8) is 0 Å². The Balaban J connectivity index is 1.45. The third kappa shape index (κ3) is 7.37. The first-order valence-electron chi connectivity index (χ1n) is 10.4. The van der Waals surface area contributed by atoms with Gasteiger partial charge in [0.05, 0.1) is 25.9 Å². The van der Waals surface area contributed by atoms with E-state index in [9.17, 15) is 0 Å². The molecule has 1 atom stereocenters. The topological polar surface area (TPSA) is 48.0 Å². The van der Waals surface area contributed by atoms with Crippen molar-refractivity contribution in [3.05, 3.63) is 70.7 Å². The Morgan fingerprint density at radius 1 is 0.862 bits per heavy atom. The number of nitrogens with zero attached hydrogens (tertiary/aromatic N) is 2. The van der Waals surface area contributed by atoms with Gasteiger partial charge in [0.2, 0.25) is 0 Å². The third-order valence-electron chi connectivity index (χ3n) is 5.37. The van der Waals surface area contributed by atoms with Gasteiger partial charge in [-0.15, -0.1) is 0 Å². The molecule has 1 aliphatic heterocycles. The lowest BCUT2D eigenvalue weighted by atomic mass is 9.99. The number of aliphatic hydroxyl groups excluding tert-OH is 1. The van der Waals surface area contributed by atoms with Crippen LogP contribution in [-0.4, -0.2) is 80.5 Å². The van der Waals surface area contributed by atoms with E-state index < -0.39 is 0 Å². The van der Waals surface area contributed by atoms with Crippen molar-refractivity contribution in [2.75, 3.05) is 65.6 Å². The van der Waals surface area contributed by atoms with Crippen LogP contribution >= 0.6 is 11.6 Å². The molecule has 1 heterocycles. The summed E-state index contributed by atoms with van der Waals surface area (Å²) in [5.41, 5.74) is 2.50. The minimum absolute atomic E-state index is 0.0980. The van der Waals surface area contributed by atoms with Gasteiger partial charge in [-0.25, -0.2) is 0 Å². The van der Waals surface area contributed by atoms with Crippen LogP contribution in [0.3, 0.4) is 0 Å². The van der Waals surface area contributed by atoms with E-state index >= 15 is 0 Å². The van der Waals surface area contributed by atoms with Crippen LogP contribution in [0.15, 0.2) is 54.6 Å². The van der Waals surface area contributed by atoms with Gasteiger partial charge in [0.1, 0.15) is 0 Å². The molecule has 0 amide bonds. The molecule has 1 unspecified atom stereocenters. The van der Waals surface area contributed by atoms with Crippen molar-refractivity contribution < 1.29 is 9.84 Å². The molecule has 0 aliphatic carbocycles. The number of aliphatic hydroxyl groups is 1. The molecular formula is C23H32ClN3O2. The highest BCUT2D eigenvalue weighted by Crippen LogP contribution is 2.23. The molecule has 5 nitrogen and oxygen atoms in total. The van der Waals surface area contributed by atoms with Gasteiger partial charge in [-0.2, -0.15) is 0 Å². The fourth-order valence-electron chi connectivity index (χ4n) is 3.69. The molecule has 0 spiro atoms. The lowest BCUT2D eigenvalue weighted by molar-refractivity contribution is 0.0577. The number of ether oxygens (including phenoxy) is 1. The average molecular weight is 418 g/mol. The van der Waals surface area contributed by atoms with Crippen LogP contribution in [0.1, 0.15) is 17.2 Å². The van der Waals surface area contributed by atoms with E-state index in [1.165, 1.54) is 11.1 Å². The Morgan fingerprint density at radius 3 is 2.14 bits per heavy atom. The highest BCUT2D eigenvalue weighted by molar-refractivity contribution is 6.30. The molecule has 0 bridgehead atoms. The van der Waals surface area contributed by atoms with Gasteiger partial charge in [-0.3, -0.25) is 9.80 Å². The van der Waals surface area contributed by atoms with E-state index in [1.807, 2.05) is 12.1 Å². The second kappa shape index (κ2) is 12.3. The summed E-state index contributed by atoms with van der Waals surface area (Å²) < 4.78 is 5.37. The molecule has 2 aromatic carbocycles. The first-order chi connectivity index (χ1) is 14.3. The Bertz CT molecular complexity index is 691. The summed E-state index contributed by atoms with van der Waals surface area (Å²) in [7, 11) is 0. The van der Waals surface area contributed by atoms with E-state index in [0.717, 1.165) is 50.8 Å². The minimum Gasteiger partial charge on any atom is -0.394 e. The predicted molar refractivity (Wildman–Crippen MR) is 119 cm³/mol. The van der Waals surface area contributed by atoms with Crippen LogP contribution < -0.4 is 5.32 Å². The summed E-state index contributed by atoms with van der Waals surface area (Å²) in [4.78, 5) is 4.95. The lowest BCUT2D eigenvalue weighted by Crippen LogP contribution is -2.49. The fourth-order valence-corrected chi connectivity index (χ4v) is 3.82. The van der Waals surface area contributed by atoms with Crippen LogP contribution in [0.5, 0.6) is 0 Å². The quantitative estimate of drug-likeness (QED) is 0.550. The van der Waals surface area contributed by atoms with Crippen LogP contribution in [0.4, 0.5) is 0 Å². The molecule has 0 saturated carbocycles. The lowest BCUT2D eigenvalue weighted by Gasteiger charge is -2.35. The van der Waals surface area contributed by atoms with Gasteiger partial charge >= 0.3 is 0 Å². The summed E-state index contributed by atoms with van der Waals surface area (Å²) in [6, 6.07) is 18.8. The van der Waals surface area contributed by atoms with Crippen molar-refractivity contribution in [3.8, 4) is 0 Å². The number of rotatable bonds is 11. The van der Waals surface area contributed by atoms with Crippen LogP contribution in [0, 0.1) is 0 Å². The summed E-state index contributed by atoms with van der Waals surface area (Å²) in [5, 5.41) is 13.3. The molecule has 2 N–H and O–H groups in total. The van der Waals surface area contributed by atoms with E-state index in [-0.39, 0.29) is 12.6 Å². The minimum atomic E-state index is 0.0980. The number of hydrogen-bond donors (Lipinski definition) is 2. The number of benzene rings is 2. The van der Waals surface area contributed by atoms with Crippen LogP contribution in [0.2, 0.25) is 5.02 Å². The highest BCUT2D eigenvalue weighted by atomic mass is 35.5. The zero-order chi connectivity index (χ0) is 20.3. The average Bonchev–Trinajstić information content (AvgIpc) is 2.77. The monoisotopic (exact) mass is 417 g/mol. The fraction of sp³-hybridized carbons (Fsp3) is 0.478. The van der Waals surface area contributed by atoms with Crippen molar-refractivity contribution in [1.82, 2.24) is 15.1 Å². The van der Waals surface area contributed by atoms with Crippen LogP contribution in [0.25, 0.3) is 0 Å². The Kier molecular flexibility index (Phi) is 9.41. The molecular weight excluding hydrogens is 386 g/mol. The zero-order valence-corrected chi connectivity index (χ0v) is 17.7. The van der Waals surface area contributed by atoms with Crippen molar-refractivity contribution in [2.24, 2.45) is 0 Å². The van der Waals surface area contributed by atoms with Gasteiger partial charge in [0.25, 0.3) is 0 Å². The van der Waals surface area contributed by atoms with Crippen molar-refractivity contribution in [1.29, 1.82) is 0 Å². The maximum Gasteiger partial charge on any atom is 0.0698 e. The molecule has 3 rings (SSSR count). The molecule has 1 saturated heterocycles. The van der Waals surface area contributed by atoms with Gasteiger partial charge in [0, 0.05) is 50.8 Å². The number of halogens is 1. The van der Waals surface area contributed by atoms with Crippen LogP contribution in [-0.2, 0) is 4.74 Å². The summed E-state index contributed by atoms with van der Waals surface area (Å²) >= 11 is 6.08. The number of nitrogens with one attached hydrogen (secondary N) is 1. The molecule has 0 radical (unpaired) electrons. The summed E-state index contributed by atoms with van der Waals surface area (Å²) in [6.07, 6.45) is 0. The van der Waals surface area contributed by atoms with E-state index in [2.05, 4.69) is 57.6 Å². The molecule has 1 aliphatic rings. The molecule has 2 aromatic rings. The molecule has 29 heavy (non-hydrogen) atoms. The largest absolute Gasteiger partial charge is 0.394 e. The standard InChI is InChI=1S/C23H32ClN3O2/c24-22-8-6-21(7-9-22)23(20-4-2-1-3-5-20)25-10-11-26-12-14-27(15-13-26)16-18-29-19-17-28/h1-9,23,25,28H,10-19H2. The molecule has 158 valence electrons. The van der Waals surface area contributed by atoms with E-state index in [0.29, 0.717) is 13.2 Å². The Morgan fingerprint density at radius 2 is 1.48 bits per heavy atom. The third-order valence-corrected chi connectivity index (χ3v) is 5.62. The predicted octanol–water partition coefficient (Wildman–Crippen LogP) is 2.65. The maximum atomic E-state index is 8.76. The van der Waals surface area contributed by atoms with E-state index in [4.69, 9.17) is 21.4 Å². The summed E-state index contributed by atoms with van der Waals surface area (Å²) in [6.45, 7) is 8.44. The highest BCUT2D eigenvalue weighted by Gasteiger charge is 2.18. The van der Waals surface area contributed by atoms with Gasteiger partial charge < -0.3 is 15.2 Å².